The lowest BCUT2D eigenvalue weighted by Crippen LogP contribution is -2.40. The summed E-state index contributed by atoms with van der Waals surface area (Å²) in [6.45, 7) is 8.29. The minimum absolute atomic E-state index is 0.0709. The molecule has 82 valence electrons. The Balaban J connectivity index is 2.46. The standard InChI is InChI=1S/C11H21NO2/c1-4-5-12-10-7-14-6-9(10)11(13)8(2)3/h8-10,12H,4-7H2,1-3H3. The smallest absolute Gasteiger partial charge is 0.142 e. The van der Waals surface area contributed by atoms with Gasteiger partial charge in [-0.1, -0.05) is 20.8 Å². The SMILES string of the molecule is CCCNC1COCC1C(=O)C(C)C. The average molecular weight is 199 g/mol. The Labute approximate surface area is 86.2 Å². The van der Waals surface area contributed by atoms with Gasteiger partial charge in [-0.3, -0.25) is 4.79 Å². The van der Waals surface area contributed by atoms with Crippen LogP contribution in [0.25, 0.3) is 0 Å². The fourth-order valence-electron chi connectivity index (χ4n) is 1.79. The van der Waals surface area contributed by atoms with Crippen LogP contribution < -0.4 is 5.32 Å². The van der Waals surface area contributed by atoms with E-state index in [1.54, 1.807) is 0 Å². The van der Waals surface area contributed by atoms with Gasteiger partial charge in [-0.25, -0.2) is 0 Å². The monoisotopic (exact) mass is 199 g/mol. The molecule has 14 heavy (non-hydrogen) atoms. The van der Waals surface area contributed by atoms with Crippen LogP contribution in [0.15, 0.2) is 0 Å². The van der Waals surface area contributed by atoms with Crippen LogP contribution in [0.4, 0.5) is 0 Å². The zero-order valence-corrected chi connectivity index (χ0v) is 9.38. The van der Waals surface area contributed by atoms with E-state index < -0.39 is 0 Å². The molecule has 0 radical (unpaired) electrons. The van der Waals surface area contributed by atoms with E-state index in [0.717, 1.165) is 13.0 Å². The van der Waals surface area contributed by atoms with Crippen LogP contribution in [-0.2, 0) is 9.53 Å². The highest BCUT2D eigenvalue weighted by Gasteiger charge is 2.34. The van der Waals surface area contributed by atoms with Gasteiger partial charge in [0.05, 0.1) is 19.1 Å². The number of carbonyl (C=O) groups is 1. The van der Waals surface area contributed by atoms with E-state index >= 15 is 0 Å². The molecule has 1 saturated heterocycles. The molecular formula is C11H21NO2. The summed E-state index contributed by atoms with van der Waals surface area (Å²) in [4.78, 5) is 11.8. The molecule has 0 spiro atoms. The van der Waals surface area contributed by atoms with Crippen LogP contribution in [0.5, 0.6) is 0 Å². The van der Waals surface area contributed by atoms with Crippen molar-refractivity contribution in [1.29, 1.82) is 0 Å². The molecule has 1 N–H and O–H groups in total. The summed E-state index contributed by atoms with van der Waals surface area (Å²) in [5.74, 6) is 0.519. The first-order chi connectivity index (χ1) is 6.66. The fraction of sp³-hybridized carbons (Fsp3) is 0.909. The molecule has 0 bridgehead atoms. The van der Waals surface area contributed by atoms with E-state index in [2.05, 4.69) is 12.2 Å². The van der Waals surface area contributed by atoms with Crippen molar-refractivity contribution in [2.45, 2.75) is 33.2 Å². The van der Waals surface area contributed by atoms with Crippen molar-refractivity contribution in [3.63, 3.8) is 0 Å². The van der Waals surface area contributed by atoms with E-state index in [9.17, 15) is 4.79 Å². The number of Topliss-reactive ketones (excluding diaryl/α,β-unsaturated/α-hetero) is 1. The minimum atomic E-state index is 0.0709. The van der Waals surface area contributed by atoms with Gasteiger partial charge in [0.15, 0.2) is 0 Å². The lowest BCUT2D eigenvalue weighted by molar-refractivity contribution is -0.126. The van der Waals surface area contributed by atoms with E-state index in [4.69, 9.17) is 4.74 Å². The van der Waals surface area contributed by atoms with Gasteiger partial charge in [-0.05, 0) is 13.0 Å². The van der Waals surface area contributed by atoms with Gasteiger partial charge in [-0.2, -0.15) is 0 Å². The Morgan fingerprint density at radius 1 is 1.50 bits per heavy atom. The molecule has 0 amide bonds. The highest BCUT2D eigenvalue weighted by atomic mass is 16.5. The van der Waals surface area contributed by atoms with Crippen molar-refractivity contribution < 1.29 is 9.53 Å². The van der Waals surface area contributed by atoms with Crippen LogP contribution in [-0.4, -0.2) is 31.6 Å². The van der Waals surface area contributed by atoms with Crippen LogP contribution in [0.1, 0.15) is 27.2 Å². The summed E-state index contributed by atoms with van der Waals surface area (Å²) in [6.07, 6.45) is 1.10. The maximum atomic E-state index is 11.8. The largest absolute Gasteiger partial charge is 0.379 e. The summed E-state index contributed by atoms with van der Waals surface area (Å²) < 4.78 is 5.35. The number of ketones is 1. The summed E-state index contributed by atoms with van der Waals surface area (Å²) in [5.41, 5.74) is 0. The van der Waals surface area contributed by atoms with Crippen molar-refractivity contribution in [2.24, 2.45) is 11.8 Å². The molecule has 0 aliphatic carbocycles. The van der Waals surface area contributed by atoms with Gasteiger partial charge in [0.2, 0.25) is 0 Å². The van der Waals surface area contributed by atoms with Crippen molar-refractivity contribution in [3.8, 4) is 0 Å². The van der Waals surface area contributed by atoms with Crippen molar-refractivity contribution in [3.05, 3.63) is 0 Å². The summed E-state index contributed by atoms with van der Waals surface area (Å²) in [5, 5.41) is 3.37. The van der Waals surface area contributed by atoms with Crippen LogP contribution in [0.3, 0.4) is 0 Å². The average Bonchev–Trinajstić information content (AvgIpc) is 2.61. The van der Waals surface area contributed by atoms with Gasteiger partial charge in [0.1, 0.15) is 5.78 Å². The lowest BCUT2D eigenvalue weighted by atomic mass is 9.91. The minimum Gasteiger partial charge on any atom is -0.379 e. The van der Waals surface area contributed by atoms with E-state index in [-0.39, 0.29) is 17.9 Å². The predicted octanol–water partition coefficient (Wildman–Crippen LogP) is 1.23. The third-order valence-corrected chi connectivity index (χ3v) is 2.67. The molecule has 3 heteroatoms. The van der Waals surface area contributed by atoms with E-state index in [1.807, 2.05) is 13.8 Å². The van der Waals surface area contributed by atoms with Crippen LogP contribution in [0.2, 0.25) is 0 Å². The molecule has 1 heterocycles. The maximum absolute atomic E-state index is 11.8. The molecule has 2 unspecified atom stereocenters. The number of rotatable bonds is 5. The number of hydrogen-bond acceptors (Lipinski definition) is 3. The number of nitrogens with one attached hydrogen (secondary N) is 1. The Bertz CT molecular complexity index is 192. The van der Waals surface area contributed by atoms with Crippen LogP contribution >= 0.6 is 0 Å². The first-order valence-corrected chi connectivity index (χ1v) is 5.51. The second-order valence-corrected chi connectivity index (χ2v) is 4.26. The Morgan fingerprint density at radius 2 is 2.21 bits per heavy atom. The molecule has 0 aromatic heterocycles. The van der Waals surface area contributed by atoms with Crippen molar-refractivity contribution >= 4 is 5.78 Å². The normalized spacial score (nSPS) is 27.1. The highest BCUT2D eigenvalue weighted by molar-refractivity contribution is 5.83. The first kappa shape index (κ1) is 11.7. The summed E-state index contributed by atoms with van der Waals surface area (Å²) in [7, 11) is 0. The third kappa shape index (κ3) is 2.79. The molecular weight excluding hydrogens is 178 g/mol. The first-order valence-electron chi connectivity index (χ1n) is 5.51. The quantitative estimate of drug-likeness (QED) is 0.723. The van der Waals surface area contributed by atoms with Crippen molar-refractivity contribution in [1.82, 2.24) is 5.32 Å². The number of carbonyl (C=O) groups excluding carboxylic acids is 1. The Kier molecular flexibility index (Phi) is 4.55. The third-order valence-electron chi connectivity index (χ3n) is 2.67. The molecule has 3 nitrogen and oxygen atoms in total. The van der Waals surface area contributed by atoms with Crippen LogP contribution in [0, 0.1) is 11.8 Å². The predicted molar refractivity (Wildman–Crippen MR) is 56.2 cm³/mol. The summed E-state index contributed by atoms with van der Waals surface area (Å²) in [6, 6.07) is 0.241. The van der Waals surface area contributed by atoms with Gasteiger partial charge in [0, 0.05) is 12.0 Å². The topological polar surface area (TPSA) is 38.3 Å². The Morgan fingerprint density at radius 3 is 2.79 bits per heavy atom. The molecule has 1 rings (SSSR count). The van der Waals surface area contributed by atoms with Gasteiger partial charge in [-0.15, -0.1) is 0 Å². The zero-order valence-electron chi connectivity index (χ0n) is 9.38. The summed E-state index contributed by atoms with van der Waals surface area (Å²) >= 11 is 0. The van der Waals surface area contributed by atoms with Gasteiger partial charge >= 0.3 is 0 Å². The second-order valence-electron chi connectivity index (χ2n) is 4.26. The molecule has 0 saturated carbocycles. The second kappa shape index (κ2) is 5.47. The Hall–Kier alpha value is -0.410. The lowest BCUT2D eigenvalue weighted by Gasteiger charge is -2.19. The molecule has 0 aromatic carbocycles. The fourth-order valence-corrected chi connectivity index (χ4v) is 1.79. The van der Waals surface area contributed by atoms with E-state index in [0.29, 0.717) is 19.0 Å². The van der Waals surface area contributed by atoms with E-state index in [1.165, 1.54) is 0 Å². The number of ether oxygens (including phenoxy) is 1. The molecule has 1 aliphatic rings. The van der Waals surface area contributed by atoms with Gasteiger partial charge < -0.3 is 10.1 Å². The van der Waals surface area contributed by atoms with Crippen molar-refractivity contribution in [2.75, 3.05) is 19.8 Å². The highest BCUT2D eigenvalue weighted by Crippen LogP contribution is 2.18. The zero-order chi connectivity index (χ0) is 10.6. The molecule has 2 atom stereocenters. The molecule has 1 aliphatic heterocycles. The molecule has 0 aromatic rings. The van der Waals surface area contributed by atoms with Gasteiger partial charge in [0.25, 0.3) is 0 Å². The molecule has 1 fully saturated rings. The maximum Gasteiger partial charge on any atom is 0.142 e. The number of hydrogen-bond donors (Lipinski definition) is 1.